The van der Waals surface area contributed by atoms with Crippen LogP contribution in [0.2, 0.25) is 0 Å². The lowest BCUT2D eigenvalue weighted by atomic mass is 10.2. The molecule has 8 heteroatoms. The normalized spacial score (nSPS) is 10.4. The van der Waals surface area contributed by atoms with Crippen LogP contribution in [0.5, 0.6) is 0 Å². The summed E-state index contributed by atoms with van der Waals surface area (Å²) in [6.45, 7) is 1.82. The van der Waals surface area contributed by atoms with Gasteiger partial charge in [-0.1, -0.05) is 0 Å². The van der Waals surface area contributed by atoms with Crippen molar-refractivity contribution in [1.82, 2.24) is 15.8 Å². The van der Waals surface area contributed by atoms with E-state index in [9.17, 15) is 14.0 Å². The summed E-state index contributed by atoms with van der Waals surface area (Å²) in [4.78, 5) is 28.0. The van der Waals surface area contributed by atoms with Gasteiger partial charge in [-0.05, 0) is 43.3 Å². The molecule has 122 valence electrons. The number of carbonyl (C=O) groups is 2. The van der Waals surface area contributed by atoms with Gasteiger partial charge in [0, 0.05) is 10.9 Å². The van der Waals surface area contributed by atoms with Crippen molar-refractivity contribution in [2.45, 2.75) is 6.92 Å². The molecule has 0 radical (unpaired) electrons. The number of nitrogens with zero attached hydrogens (tertiary/aromatic N) is 1. The van der Waals surface area contributed by atoms with E-state index in [2.05, 4.69) is 15.8 Å². The number of nitrogens with one attached hydrogen (secondary N) is 2. The van der Waals surface area contributed by atoms with Gasteiger partial charge in [0.2, 0.25) is 0 Å². The standard InChI is InChI=1S/C16H12FN3O3S/c1-9-2-7-13(23-9)16-18-12(8-24-16)15(22)20-19-14(21)10-3-5-11(17)6-4-10/h2-8H,1H3,(H,19,21)(H,20,22). The number of hydrazine groups is 1. The molecule has 0 fully saturated rings. The van der Waals surface area contributed by atoms with Crippen molar-refractivity contribution in [1.29, 1.82) is 0 Å². The van der Waals surface area contributed by atoms with Crippen LogP contribution in [0.3, 0.4) is 0 Å². The fourth-order valence-corrected chi connectivity index (χ4v) is 2.65. The zero-order valence-electron chi connectivity index (χ0n) is 12.5. The van der Waals surface area contributed by atoms with Gasteiger partial charge in [-0.15, -0.1) is 11.3 Å². The SMILES string of the molecule is Cc1ccc(-c2nc(C(=O)NNC(=O)c3ccc(F)cc3)cs2)o1. The van der Waals surface area contributed by atoms with Crippen molar-refractivity contribution in [2.24, 2.45) is 0 Å². The second kappa shape index (κ2) is 6.63. The predicted octanol–water partition coefficient (Wildman–Crippen LogP) is 2.93. The van der Waals surface area contributed by atoms with Crippen LogP contribution in [0.25, 0.3) is 10.8 Å². The lowest BCUT2D eigenvalue weighted by Gasteiger charge is -2.05. The van der Waals surface area contributed by atoms with E-state index >= 15 is 0 Å². The van der Waals surface area contributed by atoms with Crippen molar-refractivity contribution in [3.05, 3.63) is 64.6 Å². The van der Waals surface area contributed by atoms with Gasteiger partial charge in [0.05, 0.1) is 0 Å². The van der Waals surface area contributed by atoms with Gasteiger partial charge in [-0.25, -0.2) is 9.37 Å². The number of rotatable bonds is 3. The molecule has 0 saturated carbocycles. The van der Waals surface area contributed by atoms with Crippen molar-refractivity contribution in [3.8, 4) is 10.8 Å². The number of carbonyl (C=O) groups excluding carboxylic acids is 2. The highest BCUT2D eigenvalue weighted by atomic mass is 32.1. The Balaban J connectivity index is 1.62. The van der Waals surface area contributed by atoms with Crippen LogP contribution in [0.1, 0.15) is 26.6 Å². The van der Waals surface area contributed by atoms with Gasteiger partial charge in [0.25, 0.3) is 11.8 Å². The number of hydrogen-bond acceptors (Lipinski definition) is 5. The van der Waals surface area contributed by atoms with E-state index in [0.717, 1.165) is 17.9 Å². The Morgan fingerprint density at radius 1 is 1.08 bits per heavy atom. The maximum absolute atomic E-state index is 12.8. The van der Waals surface area contributed by atoms with Crippen molar-refractivity contribution < 1.29 is 18.4 Å². The predicted molar refractivity (Wildman–Crippen MR) is 85.9 cm³/mol. The first kappa shape index (κ1) is 15.9. The van der Waals surface area contributed by atoms with E-state index < -0.39 is 17.6 Å². The molecule has 1 aromatic carbocycles. The summed E-state index contributed by atoms with van der Waals surface area (Å²) in [6, 6.07) is 8.53. The molecule has 0 saturated heterocycles. The Bertz CT molecular complexity index is 886. The van der Waals surface area contributed by atoms with Crippen molar-refractivity contribution >= 4 is 23.2 Å². The maximum atomic E-state index is 12.8. The Labute approximate surface area is 140 Å². The third-order valence-electron chi connectivity index (χ3n) is 3.08. The number of aryl methyl sites for hydroxylation is 1. The zero-order valence-corrected chi connectivity index (χ0v) is 13.3. The average molecular weight is 345 g/mol. The average Bonchev–Trinajstić information content (AvgIpc) is 3.22. The Hall–Kier alpha value is -3.00. The summed E-state index contributed by atoms with van der Waals surface area (Å²) < 4.78 is 18.3. The number of hydrogen-bond donors (Lipinski definition) is 2. The first-order valence-electron chi connectivity index (χ1n) is 6.91. The lowest BCUT2D eigenvalue weighted by Crippen LogP contribution is -2.41. The Morgan fingerprint density at radius 3 is 2.46 bits per heavy atom. The van der Waals surface area contributed by atoms with E-state index in [-0.39, 0.29) is 11.3 Å². The maximum Gasteiger partial charge on any atom is 0.289 e. The van der Waals surface area contributed by atoms with Crippen LogP contribution in [0, 0.1) is 12.7 Å². The molecule has 2 heterocycles. The molecule has 0 aliphatic heterocycles. The molecule has 0 atom stereocenters. The number of amides is 2. The first-order valence-corrected chi connectivity index (χ1v) is 7.79. The molecule has 3 rings (SSSR count). The third-order valence-corrected chi connectivity index (χ3v) is 3.94. The topological polar surface area (TPSA) is 84.2 Å². The van der Waals surface area contributed by atoms with Crippen molar-refractivity contribution in [2.75, 3.05) is 0 Å². The quantitative estimate of drug-likeness (QED) is 0.715. The molecular weight excluding hydrogens is 333 g/mol. The molecule has 6 nitrogen and oxygen atoms in total. The van der Waals surface area contributed by atoms with Crippen LogP contribution in [-0.4, -0.2) is 16.8 Å². The van der Waals surface area contributed by atoms with Gasteiger partial charge >= 0.3 is 0 Å². The van der Waals surface area contributed by atoms with Crippen LogP contribution in [0.15, 0.2) is 46.2 Å². The smallest absolute Gasteiger partial charge is 0.289 e. The van der Waals surface area contributed by atoms with Crippen LogP contribution >= 0.6 is 11.3 Å². The molecule has 2 aromatic heterocycles. The lowest BCUT2D eigenvalue weighted by molar-refractivity contribution is 0.0844. The molecule has 2 amide bonds. The highest BCUT2D eigenvalue weighted by molar-refractivity contribution is 7.13. The van der Waals surface area contributed by atoms with Gasteiger partial charge < -0.3 is 4.42 Å². The molecule has 3 aromatic rings. The number of aromatic nitrogens is 1. The highest BCUT2D eigenvalue weighted by Crippen LogP contribution is 2.25. The van der Waals surface area contributed by atoms with Gasteiger partial charge in [-0.3, -0.25) is 20.4 Å². The van der Waals surface area contributed by atoms with Crippen LogP contribution in [0.4, 0.5) is 4.39 Å². The summed E-state index contributed by atoms with van der Waals surface area (Å²) in [5.74, 6) is -0.236. The minimum absolute atomic E-state index is 0.156. The summed E-state index contributed by atoms with van der Waals surface area (Å²) >= 11 is 1.26. The summed E-state index contributed by atoms with van der Waals surface area (Å²) in [6.07, 6.45) is 0. The minimum Gasteiger partial charge on any atom is -0.459 e. The minimum atomic E-state index is -0.559. The van der Waals surface area contributed by atoms with Crippen LogP contribution < -0.4 is 10.9 Å². The summed E-state index contributed by atoms with van der Waals surface area (Å²) in [5, 5.41) is 2.13. The van der Waals surface area contributed by atoms with E-state index in [4.69, 9.17) is 4.42 Å². The zero-order chi connectivity index (χ0) is 17.1. The van der Waals surface area contributed by atoms with Gasteiger partial charge in [0.1, 0.15) is 17.3 Å². The molecule has 0 aliphatic rings. The number of thiazole rings is 1. The second-order valence-electron chi connectivity index (χ2n) is 4.86. The summed E-state index contributed by atoms with van der Waals surface area (Å²) in [7, 11) is 0. The molecule has 24 heavy (non-hydrogen) atoms. The van der Waals surface area contributed by atoms with E-state index in [1.54, 1.807) is 17.5 Å². The highest BCUT2D eigenvalue weighted by Gasteiger charge is 2.15. The van der Waals surface area contributed by atoms with Gasteiger partial charge in [0.15, 0.2) is 10.8 Å². The van der Waals surface area contributed by atoms with E-state index in [1.807, 2.05) is 6.92 Å². The molecular formula is C16H12FN3O3S. The summed E-state index contributed by atoms with van der Waals surface area (Å²) in [5.41, 5.74) is 4.89. The molecule has 0 unspecified atom stereocenters. The number of benzene rings is 1. The largest absolute Gasteiger partial charge is 0.459 e. The molecule has 0 aliphatic carbocycles. The monoisotopic (exact) mass is 345 g/mol. The van der Waals surface area contributed by atoms with E-state index in [1.165, 1.54) is 23.5 Å². The molecule has 0 spiro atoms. The second-order valence-corrected chi connectivity index (χ2v) is 5.72. The first-order chi connectivity index (χ1) is 11.5. The van der Waals surface area contributed by atoms with Crippen LogP contribution in [-0.2, 0) is 0 Å². The molecule has 0 bridgehead atoms. The Kier molecular flexibility index (Phi) is 4.39. The Morgan fingerprint density at radius 2 is 1.79 bits per heavy atom. The molecule has 2 N–H and O–H groups in total. The fraction of sp³-hybridized carbons (Fsp3) is 0.0625. The van der Waals surface area contributed by atoms with Crippen molar-refractivity contribution in [3.63, 3.8) is 0 Å². The van der Waals surface area contributed by atoms with E-state index in [0.29, 0.717) is 10.8 Å². The third kappa shape index (κ3) is 3.49. The van der Waals surface area contributed by atoms with Gasteiger partial charge in [-0.2, -0.15) is 0 Å². The fourth-order valence-electron chi connectivity index (χ4n) is 1.89. The number of furan rings is 1. The number of halogens is 1.